The number of thiophene rings is 1. The zero-order valence-corrected chi connectivity index (χ0v) is 13.5. The molecule has 9 nitrogen and oxygen atoms in total. The molecule has 0 unspecified atom stereocenters. The lowest BCUT2D eigenvalue weighted by atomic mass is 10.5. The second-order valence-electron chi connectivity index (χ2n) is 3.76. The number of carboxylic acid groups (broad SMARTS) is 1. The van der Waals surface area contributed by atoms with Gasteiger partial charge in [0.15, 0.2) is 0 Å². The van der Waals surface area contributed by atoms with Crippen LogP contribution in [0, 0.1) is 0 Å². The number of hydrogen-bond acceptors (Lipinski definition) is 6. The van der Waals surface area contributed by atoms with Gasteiger partial charge in [-0.05, 0) is 22.0 Å². The highest BCUT2D eigenvalue weighted by atomic mass is 79.9. The Morgan fingerprint density at radius 1 is 1.24 bits per heavy atom. The zero-order chi connectivity index (χ0) is 16.4. The lowest BCUT2D eigenvalue weighted by Gasteiger charge is -2.18. The highest BCUT2D eigenvalue weighted by Gasteiger charge is 2.31. The van der Waals surface area contributed by atoms with Crippen LogP contribution in [0.2, 0.25) is 0 Å². The standard InChI is InChI=1S/C9H10BrN3O6S2/c10-8-5(1-4(20-8)9(16)17)21(18,19)13(2-6(11)14)3-7(12)15/h1H,2-3H2,(H2,11,14)(H2,12,15)(H,16,17). The average molecular weight is 400 g/mol. The van der Waals surface area contributed by atoms with Gasteiger partial charge in [-0.25, -0.2) is 13.2 Å². The molecule has 0 saturated carbocycles. The molecule has 1 rings (SSSR count). The van der Waals surface area contributed by atoms with Crippen molar-refractivity contribution in [2.75, 3.05) is 13.1 Å². The lowest BCUT2D eigenvalue weighted by molar-refractivity contribution is -0.120. The zero-order valence-electron chi connectivity index (χ0n) is 10.3. The Bertz CT molecular complexity index is 682. The first-order valence-electron chi connectivity index (χ1n) is 5.15. The summed E-state index contributed by atoms with van der Waals surface area (Å²) in [6.45, 7) is -1.51. The summed E-state index contributed by atoms with van der Waals surface area (Å²) in [7, 11) is -4.30. The van der Waals surface area contributed by atoms with Crippen LogP contribution < -0.4 is 11.5 Å². The Hall–Kier alpha value is -1.50. The lowest BCUT2D eigenvalue weighted by Crippen LogP contribution is -2.43. The van der Waals surface area contributed by atoms with E-state index in [2.05, 4.69) is 15.9 Å². The van der Waals surface area contributed by atoms with Crippen molar-refractivity contribution < 1.29 is 27.9 Å². The molecule has 0 saturated heterocycles. The van der Waals surface area contributed by atoms with Gasteiger partial charge in [0.1, 0.15) is 9.77 Å². The van der Waals surface area contributed by atoms with Gasteiger partial charge in [0.05, 0.1) is 16.9 Å². The Labute approximate surface area is 131 Å². The number of carbonyl (C=O) groups is 3. The fourth-order valence-corrected chi connectivity index (χ4v) is 5.07. The average Bonchev–Trinajstić information content (AvgIpc) is 2.70. The fraction of sp³-hybridized carbons (Fsp3) is 0.222. The summed E-state index contributed by atoms with van der Waals surface area (Å²) < 4.78 is 25.2. The van der Waals surface area contributed by atoms with Crippen LogP contribution in [0.3, 0.4) is 0 Å². The summed E-state index contributed by atoms with van der Waals surface area (Å²) in [5.74, 6) is -3.27. The van der Waals surface area contributed by atoms with Crippen molar-refractivity contribution in [2.24, 2.45) is 11.5 Å². The normalized spacial score (nSPS) is 11.5. The predicted octanol–water partition coefficient (Wildman–Crippen LogP) is -0.830. The molecule has 0 bridgehead atoms. The number of nitrogens with zero attached hydrogens (tertiary/aromatic N) is 1. The van der Waals surface area contributed by atoms with Crippen LogP contribution in [0.15, 0.2) is 14.7 Å². The van der Waals surface area contributed by atoms with Crippen LogP contribution >= 0.6 is 27.3 Å². The summed E-state index contributed by atoms with van der Waals surface area (Å²) in [6, 6.07) is 0.918. The van der Waals surface area contributed by atoms with Crippen LogP contribution in [0.5, 0.6) is 0 Å². The minimum Gasteiger partial charge on any atom is -0.477 e. The van der Waals surface area contributed by atoms with Gasteiger partial charge in [0, 0.05) is 0 Å². The van der Waals surface area contributed by atoms with E-state index < -0.39 is 40.9 Å². The number of carbonyl (C=O) groups excluding carboxylic acids is 2. The van der Waals surface area contributed by atoms with E-state index in [1.54, 1.807) is 0 Å². The molecule has 1 aromatic heterocycles. The van der Waals surface area contributed by atoms with Crippen molar-refractivity contribution in [1.82, 2.24) is 4.31 Å². The van der Waals surface area contributed by atoms with Crippen molar-refractivity contribution in [2.45, 2.75) is 4.90 Å². The number of rotatable bonds is 7. The first kappa shape index (κ1) is 17.6. The van der Waals surface area contributed by atoms with Crippen molar-refractivity contribution in [3.8, 4) is 0 Å². The smallest absolute Gasteiger partial charge is 0.345 e. The third kappa shape index (κ3) is 4.23. The maximum absolute atomic E-state index is 12.4. The first-order chi connectivity index (χ1) is 9.55. The van der Waals surface area contributed by atoms with Gasteiger partial charge in [-0.1, -0.05) is 0 Å². The third-order valence-corrected chi connectivity index (χ3v) is 6.18. The number of aromatic carboxylic acids is 1. The van der Waals surface area contributed by atoms with E-state index in [1.165, 1.54) is 0 Å². The molecule has 0 fully saturated rings. The Kier molecular flexibility index (Phi) is 5.44. The number of primary amides is 2. The number of carboxylic acids is 1. The minimum atomic E-state index is -4.30. The molecule has 0 radical (unpaired) electrons. The topological polar surface area (TPSA) is 161 Å². The van der Waals surface area contributed by atoms with Crippen LogP contribution in [0.4, 0.5) is 0 Å². The van der Waals surface area contributed by atoms with Crippen LogP contribution in [0.25, 0.3) is 0 Å². The van der Waals surface area contributed by atoms with Crippen molar-refractivity contribution >= 4 is 55.1 Å². The molecule has 12 heteroatoms. The van der Waals surface area contributed by atoms with Gasteiger partial charge in [-0.3, -0.25) is 9.59 Å². The van der Waals surface area contributed by atoms with Gasteiger partial charge >= 0.3 is 5.97 Å². The molecular formula is C9H10BrN3O6S2. The van der Waals surface area contributed by atoms with E-state index in [9.17, 15) is 22.8 Å². The molecule has 0 aliphatic carbocycles. The molecule has 2 amide bonds. The van der Waals surface area contributed by atoms with E-state index in [1.807, 2.05) is 0 Å². The Balaban J connectivity index is 3.31. The maximum atomic E-state index is 12.4. The van der Waals surface area contributed by atoms with E-state index >= 15 is 0 Å². The highest BCUT2D eigenvalue weighted by Crippen LogP contribution is 2.33. The molecule has 1 heterocycles. The second-order valence-corrected chi connectivity index (χ2v) is 8.04. The quantitative estimate of drug-likeness (QED) is 0.541. The number of nitrogens with two attached hydrogens (primary N) is 2. The summed E-state index contributed by atoms with van der Waals surface area (Å²) in [6.07, 6.45) is 0. The molecule has 21 heavy (non-hydrogen) atoms. The molecule has 0 atom stereocenters. The van der Waals surface area contributed by atoms with Crippen molar-refractivity contribution in [1.29, 1.82) is 0 Å². The molecule has 0 aliphatic heterocycles. The largest absolute Gasteiger partial charge is 0.477 e. The summed E-state index contributed by atoms with van der Waals surface area (Å²) in [4.78, 5) is 32.1. The number of halogens is 1. The molecule has 116 valence electrons. The number of hydrogen-bond donors (Lipinski definition) is 3. The molecule has 1 aromatic rings. The summed E-state index contributed by atoms with van der Waals surface area (Å²) in [5.41, 5.74) is 9.87. The predicted molar refractivity (Wildman–Crippen MR) is 76.1 cm³/mol. The summed E-state index contributed by atoms with van der Waals surface area (Å²) >= 11 is 3.62. The third-order valence-electron chi connectivity index (χ3n) is 2.15. The molecule has 0 spiro atoms. The molecular weight excluding hydrogens is 390 g/mol. The molecule has 0 aromatic carbocycles. The SMILES string of the molecule is NC(=O)CN(CC(N)=O)S(=O)(=O)c1cc(C(=O)O)sc1Br. The van der Waals surface area contributed by atoms with Crippen molar-refractivity contribution in [3.05, 3.63) is 14.7 Å². The van der Waals surface area contributed by atoms with Crippen LogP contribution in [-0.4, -0.2) is 48.7 Å². The van der Waals surface area contributed by atoms with Crippen molar-refractivity contribution in [3.63, 3.8) is 0 Å². The van der Waals surface area contributed by atoms with Crippen LogP contribution in [-0.2, 0) is 19.6 Å². The van der Waals surface area contributed by atoms with Gasteiger partial charge < -0.3 is 16.6 Å². The van der Waals surface area contributed by atoms with E-state index in [-0.39, 0.29) is 13.6 Å². The Morgan fingerprint density at radius 3 is 2.05 bits per heavy atom. The van der Waals surface area contributed by atoms with Gasteiger partial charge in [-0.15, -0.1) is 11.3 Å². The monoisotopic (exact) mass is 399 g/mol. The van der Waals surface area contributed by atoms with Crippen LogP contribution in [0.1, 0.15) is 9.67 Å². The van der Waals surface area contributed by atoms with Gasteiger partial charge in [0.2, 0.25) is 21.8 Å². The summed E-state index contributed by atoms with van der Waals surface area (Å²) in [5, 5.41) is 8.85. The minimum absolute atomic E-state index is 0.0267. The van der Waals surface area contributed by atoms with Gasteiger partial charge in [0.25, 0.3) is 0 Å². The van der Waals surface area contributed by atoms with E-state index in [0.717, 1.165) is 6.07 Å². The highest BCUT2D eigenvalue weighted by molar-refractivity contribution is 9.11. The Morgan fingerprint density at radius 2 is 1.71 bits per heavy atom. The van der Waals surface area contributed by atoms with E-state index in [0.29, 0.717) is 15.6 Å². The van der Waals surface area contributed by atoms with E-state index in [4.69, 9.17) is 16.6 Å². The fourth-order valence-electron chi connectivity index (χ4n) is 1.35. The molecule has 0 aliphatic rings. The number of sulfonamides is 1. The maximum Gasteiger partial charge on any atom is 0.345 e. The number of amides is 2. The second kappa shape index (κ2) is 6.51. The van der Waals surface area contributed by atoms with Gasteiger partial charge in [-0.2, -0.15) is 4.31 Å². The molecule has 5 N–H and O–H groups in total. The first-order valence-corrected chi connectivity index (χ1v) is 8.20.